The molecule has 0 saturated carbocycles. The average Bonchev–Trinajstić information content (AvgIpc) is 3.29. The van der Waals surface area contributed by atoms with Crippen LogP contribution in [0.3, 0.4) is 0 Å². The Hall–Kier alpha value is -3.54. The molecule has 1 unspecified atom stereocenters. The minimum absolute atomic E-state index is 0.534. The fourth-order valence-corrected chi connectivity index (χ4v) is 4.93. The first-order valence-electron chi connectivity index (χ1n) is 11.1. The SMILES string of the molecule is COc1cc(Nc2csc3c2NC(N)(c2ccc(N4CCOCC4)nc2)N=C3)cc(OC)c1OC. The zero-order valence-electron chi connectivity index (χ0n) is 19.8. The molecule has 1 aromatic carbocycles. The van der Waals surface area contributed by atoms with Gasteiger partial charge >= 0.3 is 0 Å². The van der Waals surface area contributed by atoms with Crippen LogP contribution in [0.15, 0.2) is 40.8 Å². The number of rotatable bonds is 7. The van der Waals surface area contributed by atoms with Crippen LogP contribution in [0.4, 0.5) is 22.9 Å². The lowest BCUT2D eigenvalue weighted by Crippen LogP contribution is -2.45. The summed E-state index contributed by atoms with van der Waals surface area (Å²) in [5.74, 6) is 1.42. The van der Waals surface area contributed by atoms with Crippen LogP contribution in [0.2, 0.25) is 0 Å². The summed E-state index contributed by atoms with van der Waals surface area (Å²) in [5, 5.41) is 8.85. The maximum atomic E-state index is 6.71. The Bertz CT molecular complexity index is 1200. The van der Waals surface area contributed by atoms with E-state index in [4.69, 9.17) is 24.7 Å². The fraction of sp³-hybridized carbons (Fsp3) is 0.333. The van der Waals surface area contributed by atoms with Gasteiger partial charge in [0.15, 0.2) is 11.5 Å². The predicted octanol–water partition coefficient (Wildman–Crippen LogP) is 3.36. The Balaban J connectivity index is 1.39. The summed E-state index contributed by atoms with van der Waals surface area (Å²) < 4.78 is 21.8. The topological polar surface area (TPSA) is 115 Å². The van der Waals surface area contributed by atoms with Crippen LogP contribution in [0.5, 0.6) is 17.2 Å². The van der Waals surface area contributed by atoms with E-state index in [0.29, 0.717) is 30.5 Å². The number of aliphatic imine (C=N–C) groups is 1. The van der Waals surface area contributed by atoms with E-state index in [2.05, 4.69) is 25.5 Å². The summed E-state index contributed by atoms with van der Waals surface area (Å²) in [6, 6.07) is 7.65. The summed E-state index contributed by atoms with van der Waals surface area (Å²) in [4.78, 5) is 12.4. The van der Waals surface area contributed by atoms with Crippen LogP contribution in [-0.4, -0.2) is 58.8 Å². The zero-order valence-corrected chi connectivity index (χ0v) is 20.6. The third-order valence-corrected chi connectivity index (χ3v) is 6.90. The minimum atomic E-state index is -1.14. The molecule has 0 aliphatic carbocycles. The molecule has 10 nitrogen and oxygen atoms in total. The number of hydrogen-bond acceptors (Lipinski definition) is 11. The fourth-order valence-electron chi connectivity index (χ4n) is 4.12. The van der Waals surface area contributed by atoms with Gasteiger partial charge in [-0.1, -0.05) is 0 Å². The third kappa shape index (κ3) is 4.45. The molecule has 4 N–H and O–H groups in total. The number of ether oxygens (including phenoxy) is 4. The Morgan fingerprint density at radius 2 is 1.86 bits per heavy atom. The first-order valence-corrected chi connectivity index (χ1v) is 12.0. The van der Waals surface area contributed by atoms with Crippen molar-refractivity contribution in [1.29, 1.82) is 0 Å². The molecule has 11 heteroatoms. The van der Waals surface area contributed by atoms with Gasteiger partial charge in [0.2, 0.25) is 11.5 Å². The molecule has 0 amide bonds. The molecule has 0 radical (unpaired) electrons. The van der Waals surface area contributed by atoms with E-state index in [0.717, 1.165) is 46.4 Å². The van der Waals surface area contributed by atoms with Crippen LogP contribution in [0.25, 0.3) is 0 Å². The molecular weight excluding hydrogens is 468 g/mol. The second-order valence-corrected chi connectivity index (χ2v) is 8.99. The highest BCUT2D eigenvalue weighted by Crippen LogP contribution is 2.44. The molecule has 0 bridgehead atoms. The lowest BCUT2D eigenvalue weighted by Gasteiger charge is -2.32. The number of benzene rings is 1. The van der Waals surface area contributed by atoms with Crippen molar-refractivity contribution < 1.29 is 18.9 Å². The molecule has 184 valence electrons. The lowest BCUT2D eigenvalue weighted by atomic mass is 10.1. The van der Waals surface area contributed by atoms with Gasteiger partial charge in [0, 0.05) is 54.3 Å². The summed E-state index contributed by atoms with van der Waals surface area (Å²) in [7, 11) is 4.76. The predicted molar refractivity (Wildman–Crippen MR) is 138 cm³/mol. The summed E-state index contributed by atoms with van der Waals surface area (Å²) in [6.07, 6.45) is 3.57. The lowest BCUT2D eigenvalue weighted by molar-refractivity contribution is 0.122. The standard InChI is InChI=1S/C24H28N6O4S/c1-31-18-10-16(11-19(32-2)23(18)33-3)28-17-14-35-20-13-27-24(25,29-22(17)20)15-4-5-21(26-12-15)30-6-8-34-9-7-30/h4-5,10-14,28-29H,6-9,25H2,1-3H3. The van der Waals surface area contributed by atoms with Crippen molar-refractivity contribution in [2.75, 3.05) is 63.2 Å². The molecule has 4 heterocycles. The molecule has 0 spiro atoms. The maximum absolute atomic E-state index is 6.71. The summed E-state index contributed by atoms with van der Waals surface area (Å²) in [5.41, 5.74) is 9.98. The molecule has 1 atom stereocenters. The van der Waals surface area contributed by atoms with Gasteiger partial charge in [-0.3, -0.25) is 5.73 Å². The quantitative estimate of drug-likeness (QED) is 0.453. The second-order valence-electron chi connectivity index (χ2n) is 8.08. The highest BCUT2D eigenvalue weighted by molar-refractivity contribution is 7.13. The maximum Gasteiger partial charge on any atom is 0.210 e. The van der Waals surface area contributed by atoms with Gasteiger partial charge in [0.1, 0.15) is 5.82 Å². The van der Waals surface area contributed by atoms with Gasteiger partial charge in [-0.25, -0.2) is 9.98 Å². The number of methoxy groups -OCH3 is 3. The van der Waals surface area contributed by atoms with Crippen LogP contribution in [0.1, 0.15) is 10.4 Å². The molecule has 2 aromatic heterocycles. The normalized spacial score (nSPS) is 19.0. The number of hydrogen-bond donors (Lipinski definition) is 3. The Morgan fingerprint density at radius 1 is 1.11 bits per heavy atom. The monoisotopic (exact) mass is 496 g/mol. The van der Waals surface area contributed by atoms with Crippen LogP contribution < -0.4 is 35.5 Å². The summed E-state index contributed by atoms with van der Waals surface area (Å²) in [6.45, 7) is 3.06. The van der Waals surface area contributed by atoms with Crippen molar-refractivity contribution in [3.8, 4) is 17.2 Å². The number of nitrogens with one attached hydrogen (secondary N) is 2. The zero-order chi connectivity index (χ0) is 24.4. The molecule has 2 aliphatic heterocycles. The van der Waals surface area contributed by atoms with Gasteiger partial charge < -0.3 is 34.5 Å². The van der Waals surface area contributed by atoms with Crippen molar-refractivity contribution in [2.24, 2.45) is 10.7 Å². The molecule has 1 fully saturated rings. The number of anilines is 4. The van der Waals surface area contributed by atoms with E-state index in [-0.39, 0.29) is 0 Å². The molecule has 3 aromatic rings. The highest BCUT2D eigenvalue weighted by atomic mass is 32.1. The van der Waals surface area contributed by atoms with Gasteiger partial charge in [0.05, 0.1) is 50.8 Å². The second kappa shape index (κ2) is 9.61. The van der Waals surface area contributed by atoms with Crippen molar-refractivity contribution >= 4 is 40.4 Å². The van der Waals surface area contributed by atoms with E-state index in [1.54, 1.807) is 45.1 Å². The van der Waals surface area contributed by atoms with Crippen molar-refractivity contribution in [2.45, 2.75) is 5.79 Å². The van der Waals surface area contributed by atoms with Crippen molar-refractivity contribution in [3.05, 3.63) is 46.3 Å². The van der Waals surface area contributed by atoms with E-state index in [1.807, 2.05) is 29.6 Å². The van der Waals surface area contributed by atoms with Crippen molar-refractivity contribution in [3.63, 3.8) is 0 Å². The Kier molecular flexibility index (Phi) is 6.37. The van der Waals surface area contributed by atoms with Crippen LogP contribution in [-0.2, 0) is 10.5 Å². The number of nitrogens with two attached hydrogens (primary N) is 1. The first kappa shape index (κ1) is 23.2. The smallest absolute Gasteiger partial charge is 0.210 e. The highest BCUT2D eigenvalue weighted by Gasteiger charge is 2.32. The summed E-state index contributed by atoms with van der Waals surface area (Å²) >= 11 is 1.56. The molecule has 1 saturated heterocycles. The molecule has 2 aliphatic rings. The number of fused-ring (bicyclic) bond motifs is 1. The number of thiophene rings is 1. The molecule has 5 rings (SSSR count). The van der Waals surface area contributed by atoms with Gasteiger partial charge in [0.25, 0.3) is 0 Å². The van der Waals surface area contributed by atoms with E-state index < -0.39 is 5.79 Å². The first-order chi connectivity index (χ1) is 17.0. The average molecular weight is 497 g/mol. The van der Waals surface area contributed by atoms with Crippen LogP contribution >= 0.6 is 11.3 Å². The van der Waals surface area contributed by atoms with Gasteiger partial charge in [-0.15, -0.1) is 11.3 Å². The van der Waals surface area contributed by atoms with E-state index in [9.17, 15) is 0 Å². The molecule has 35 heavy (non-hydrogen) atoms. The minimum Gasteiger partial charge on any atom is -0.493 e. The van der Waals surface area contributed by atoms with E-state index >= 15 is 0 Å². The number of morpholine rings is 1. The Labute approximate surface area is 207 Å². The number of pyridine rings is 1. The van der Waals surface area contributed by atoms with E-state index in [1.165, 1.54) is 0 Å². The largest absolute Gasteiger partial charge is 0.493 e. The van der Waals surface area contributed by atoms with Gasteiger partial charge in [-0.2, -0.15) is 0 Å². The van der Waals surface area contributed by atoms with Crippen molar-refractivity contribution in [1.82, 2.24) is 4.98 Å². The van der Waals surface area contributed by atoms with Crippen LogP contribution in [0, 0.1) is 0 Å². The number of aromatic nitrogens is 1. The Morgan fingerprint density at radius 3 is 2.49 bits per heavy atom. The third-order valence-electron chi connectivity index (χ3n) is 5.99. The molecular formula is C24H28N6O4S. The number of nitrogens with zero attached hydrogens (tertiary/aromatic N) is 3. The van der Waals surface area contributed by atoms with Gasteiger partial charge in [-0.05, 0) is 12.1 Å².